The number of halogens is 4. The third-order valence-corrected chi connectivity index (χ3v) is 4.38. The molecule has 0 fully saturated rings. The minimum atomic E-state index is -0.832. The molecule has 112 valence electrons. The van der Waals surface area contributed by atoms with Crippen molar-refractivity contribution in [2.24, 2.45) is 0 Å². The summed E-state index contributed by atoms with van der Waals surface area (Å²) in [5.74, 6) is -1.64. The first-order valence-electron chi connectivity index (χ1n) is 6.66. The molecule has 2 aromatic carbocycles. The van der Waals surface area contributed by atoms with Crippen molar-refractivity contribution in [3.05, 3.63) is 68.1 Å². The van der Waals surface area contributed by atoms with E-state index in [0.717, 1.165) is 27.0 Å². The van der Waals surface area contributed by atoms with Gasteiger partial charge in [-0.3, -0.25) is 0 Å². The Morgan fingerprint density at radius 1 is 1.10 bits per heavy atom. The van der Waals surface area contributed by atoms with Gasteiger partial charge in [-0.1, -0.05) is 50.9 Å². The smallest absolute Gasteiger partial charge is 0.163 e. The molecule has 5 heteroatoms. The molecule has 0 saturated heterocycles. The van der Waals surface area contributed by atoms with E-state index in [4.69, 9.17) is 0 Å². The second kappa shape index (κ2) is 7.47. The number of rotatable bonds is 5. The maximum absolute atomic E-state index is 14.2. The molecule has 0 bridgehead atoms. The van der Waals surface area contributed by atoms with Crippen LogP contribution in [0.1, 0.15) is 30.5 Å². The Balaban J connectivity index is 2.52. The van der Waals surface area contributed by atoms with Crippen LogP contribution < -0.4 is 5.32 Å². The van der Waals surface area contributed by atoms with E-state index in [2.05, 4.69) is 37.2 Å². The zero-order valence-corrected chi connectivity index (χ0v) is 14.6. The lowest BCUT2D eigenvalue weighted by atomic mass is 9.98. The van der Waals surface area contributed by atoms with E-state index in [1.807, 2.05) is 25.1 Å². The lowest BCUT2D eigenvalue weighted by Gasteiger charge is -2.22. The zero-order valence-electron chi connectivity index (χ0n) is 11.5. The van der Waals surface area contributed by atoms with Crippen LogP contribution >= 0.6 is 31.9 Å². The van der Waals surface area contributed by atoms with Gasteiger partial charge in [0.1, 0.15) is 0 Å². The highest BCUT2D eigenvalue weighted by molar-refractivity contribution is 9.11. The molecule has 0 aliphatic carbocycles. The van der Waals surface area contributed by atoms with E-state index in [1.165, 1.54) is 6.07 Å². The van der Waals surface area contributed by atoms with Gasteiger partial charge in [0.05, 0.1) is 6.04 Å². The van der Waals surface area contributed by atoms with E-state index in [-0.39, 0.29) is 0 Å². The first-order valence-corrected chi connectivity index (χ1v) is 8.25. The normalized spacial score (nSPS) is 12.4. The molecule has 0 amide bonds. The Morgan fingerprint density at radius 3 is 2.57 bits per heavy atom. The van der Waals surface area contributed by atoms with Crippen LogP contribution in [-0.4, -0.2) is 6.54 Å². The monoisotopic (exact) mass is 417 g/mol. The van der Waals surface area contributed by atoms with Gasteiger partial charge < -0.3 is 5.32 Å². The second-order valence-corrected chi connectivity index (χ2v) is 6.47. The van der Waals surface area contributed by atoms with Crippen LogP contribution in [0.25, 0.3) is 0 Å². The Kier molecular flexibility index (Phi) is 5.90. The molecule has 2 rings (SSSR count). The lowest BCUT2D eigenvalue weighted by molar-refractivity contribution is 0.480. The van der Waals surface area contributed by atoms with E-state index >= 15 is 0 Å². The SMILES string of the molecule is CCCNC(c1cc(Br)ccc1Br)c1cccc(F)c1F. The van der Waals surface area contributed by atoms with Gasteiger partial charge in [0.15, 0.2) is 11.6 Å². The molecular formula is C16H15Br2F2N. The van der Waals surface area contributed by atoms with Crippen LogP contribution in [0.4, 0.5) is 8.78 Å². The molecular weight excluding hydrogens is 404 g/mol. The van der Waals surface area contributed by atoms with Crippen molar-refractivity contribution in [3.63, 3.8) is 0 Å². The van der Waals surface area contributed by atoms with Crippen molar-refractivity contribution in [1.82, 2.24) is 5.32 Å². The fraction of sp³-hybridized carbons (Fsp3) is 0.250. The summed E-state index contributed by atoms with van der Waals surface area (Å²) in [7, 11) is 0. The van der Waals surface area contributed by atoms with Gasteiger partial charge in [0.2, 0.25) is 0 Å². The van der Waals surface area contributed by atoms with Crippen molar-refractivity contribution in [2.45, 2.75) is 19.4 Å². The molecule has 0 saturated carbocycles. The molecule has 1 N–H and O–H groups in total. The third kappa shape index (κ3) is 3.90. The highest BCUT2D eigenvalue weighted by Gasteiger charge is 2.21. The molecule has 2 aromatic rings. The second-order valence-electron chi connectivity index (χ2n) is 4.70. The predicted octanol–water partition coefficient (Wildman–Crippen LogP) is 5.58. The van der Waals surface area contributed by atoms with Crippen LogP contribution in [0.3, 0.4) is 0 Å². The Labute approximate surface area is 140 Å². The molecule has 1 nitrogen and oxygen atoms in total. The molecule has 0 aliphatic rings. The van der Waals surface area contributed by atoms with E-state index in [0.29, 0.717) is 12.1 Å². The summed E-state index contributed by atoms with van der Waals surface area (Å²) in [6, 6.07) is 9.55. The molecule has 21 heavy (non-hydrogen) atoms. The molecule has 0 heterocycles. The summed E-state index contributed by atoms with van der Waals surface area (Å²) >= 11 is 6.91. The fourth-order valence-electron chi connectivity index (χ4n) is 2.16. The maximum Gasteiger partial charge on any atom is 0.163 e. The third-order valence-electron chi connectivity index (χ3n) is 3.16. The van der Waals surface area contributed by atoms with Crippen LogP contribution in [0.5, 0.6) is 0 Å². The summed E-state index contributed by atoms with van der Waals surface area (Å²) in [6.45, 7) is 2.74. The van der Waals surface area contributed by atoms with Crippen molar-refractivity contribution in [1.29, 1.82) is 0 Å². The number of benzene rings is 2. The summed E-state index contributed by atoms with van der Waals surface area (Å²) in [5, 5.41) is 3.28. The van der Waals surface area contributed by atoms with Crippen LogP contribution in [0, 0.1) is 11.6 Å². The van der Waals surface area contributed by atoms with Crippen LogP contribution in [-0.2, 0) is 0 Å². The Bertz CT molecular complexity index is 630. The van der Waals surface area contributed by atoms with E-state index < -0.39 is 17.7 Å². The molecule has 0 radical (unpaired) electrons. The van der Waals surface area contributed by atoms with Gasteiger partial charge in [0.25, 0.3) is 0 Å². The van der Waals surface area contributed by atoms with Gasteiger partial charge >= 0.3 is 0 Å². The van der Waals surface area contributed by atoms with Crippen molar-refractivity contribution in [3.8, 4) is 0 Å². The van der Waals surface area contributed by atoms with Crippen molar-refractivity contribution in [2.75, 3.05) is 6.54 Å². The highest BCUT2D eigenvalue weighted by Crippen LogP contribution is 2.32. The molecule has 0 aromatic heterocycles. The minimum Gasteiger partial charge on any atom is -0.306 e. The zero-order chi connectivity index (χ0) is 15.4. The van der Waals surface area contributed by atoms with Crippen molar-refractivity contribution >= 4 is 31.9 Å². The Morgan fingerprint density at radius 2 is 1.86 bits per heavy atom. The van der Waals surface area contributed by atoms with Gasteiger partial charge in [0, 0.05) is 14.5 Å². The fourth-order valence-corrected chi connectivity index (χ4v) is 3.01. The van der Waals surface area contributed by atoms with Crippen molar-refractivity contribution < 1.29 is 8.78 Å². The van der Waals surface area contributed by atoms with Gasteiger partial charge in [-0.2, -0.15) is 0 Å². The summed E-state index contributed by atoms with van der Waals surface area (Å²) in [4.78, 5) is 0. The highest BCUT2D eigenvalue weighted by atomic mass is 79.9. The maximum atomic E-state index is 14.2. The summed E-state index contributed by atoms with van der Waals surface area (Å²) < 4.78 is 29.4. The summed E-state index contributed by atoms with van der Waals surface area (Å²) in [6.07, 6.45) is 0.902. The van der Waals surface area contributed by atoms with Gasteiger partial charge in [-0.15, -0.1) is 0 Å². The largest absolute Gasteiger partial charge is 0.306 e. The molecule has 0 aliphatic heterocycles. The quantitative estimate of drug-likeness (QED) is 0.668. The average molecular weight is 419 g/mol. The molecule has 1 atom stereocenters. The molecule has 0 spiro atoms. The van der Waals surface area contributed by atoms with Crippen LogP contribution in [0.15, 0.2) is 45.3 Å². The number of hydrogen-bond acceptors (Lipinski definition) is 1. The predicted molar refractivity (Wildman–Crippen MR) is 88.3 cm³/mol. The average Bonchev–Trinajstić information content (AvgIpc) is 2.47. The van der Waals surface area contributed by atoms with Crippen LogP contribution in [0.2, 0.25) is 0 Å². The lowest BCUT2D eigenvalue weighted by Crippen LogP contribution is -2.24. The first-order chi connectivity index (χ1) is 10.0. The number of hydrogen-bond donors (Lipinski definition) is 1. The number of nitrogens with one attached hydrogen (secondary N) is 1. The minimum absolute atomic E-state index is 0.308. The van der Waals surface area contributed by atoms with E-state index in [9.17, 15) is 8.78 Å². The van der Waals surface area contributed by atoms with Gasteiger partial charge in [-0.05, 0) is 42.8 Å². The first kappa shape index (κ1) is 16.6. The standard InChI is InChI=1S/C16H15Br2F2N/c1-2-8-21-16(11-4-3-5-14(19)15(11)20)12-9-10(17)6-7-13(12)18/h3-7,9,16,21H,2,8H2,1H3. The van der Waals surface area contributed by atoms with Gasteiger partial charge in [-0.25, -0.2) is 8.78 Å². The summed E-state index contributed by atoms with van der Waals surface area (Å²) in [5.41, 5.74) is 1.17. The molecule has 1 unspecified atom stereocenters. The van der Waals surface area contributed by atoms with E-state index in [1.54, 1.807) is 6.07 Å². The Hall–Kier alpha value is -0.780. The topological polar surface area (TPSA) is 12.0 Å².